The molecule has 16 nitrogen and oxygen atoms in total. The Labute approximate surface area is 229 Å². The Hall–Kier alpha value is -5.01. The first-order chi connectivity index (χ1) is 19.1. The second-order valence-corrected chi connectivity index (χ2v) is 10.8. The van der Waals surface area contributed by atoms with Gasteiger partial charge in [-0.1, -0.05) is 17.3 Å². The number of carboxylic acids is 2. The van der Waals surface area contributed by atoms with Crippen molar-refractivity contribution in [3.8, 4) is 11.6 Å². The van der Waals surface area contributed by atoms with Crippen molar-refractivity contribution in [1.29, 1.82) is 0 Å². The minimum absolute atomic E-state index is 0.0216. The zero-order chi connectivity index (χ0) is 30.3. The molecule has 0 aliphatic carbocycles. The topological polar surface area (TPSA) is 269 Å². The van der Waals surface area contributed by atoms with Crippen LogP contribution in [-0.4, -0.2) is 59.3 Å². The van der Waals surface area contributed by atoms with Gasteiger partial charge in [0, 0.05) is 17.7 Å². The minimum Gasteiger partial charge on any atom is -0.858 e. The number of aromatic nitrogens is 2. The normalized spacial score (nSPS) is 16.8. The van der Waals surface area contributed by atoms with Crippen molar-refractivity contribution < 1.29 is 60.7 Å². The molecule has 3 aromatic rings. The summed E-state index contributed by atoms with van der Waals surface area (Å²) in [4.78, 5) is 34.9. The second kappa shape index (κ2) is 10.5. The Balaban J connectivity index is 1.69. The monoisotopic (exact) mass is 600 g/mol. The van der Waals surface area contributed by atoms with Gasteiger partial charge in [0.1, 0.15) is 31.5 Å². The van der Waals surface area contributed by atoms with E-state index in [2.05, 4.69) is 10.2 Å². The Kier molecular flexibility index (Phi) is 7.44. The molecule has 0 saturated heterocycles. The van der Waals surface area contributed by atoms with Gasteiger partial charge in [-0.3, -0.25) is 0 Å². The Bertz CT molecular complexity index is 1910. The van der Waals surface area contributed by atoms with E-state index in [1.54, 1.807) is 0 Å². The molecule has 0 bridgehead atoms. The van der Waals surface area contributed by atoms with Gasteiger partial charge in [0.15, 0.2) is 11.4 Å². The SMILES string of the molecule is O=C([O-])C1=N[NH+](c2ccc(S(=O)(=O)[O-])cc2)C(=O)/C1=C\C=C\c1c(C(=O)[O-])nn(-c2ccc(S(=O)(=O)[O-])cc2)c1[O-]. The predicted octanol–water partition coefficient (Wildman–Crippen LogP) is -4.08. The number of aliphatic carboxylic acids is 1. The fraction of sp³-hybridized carbons (Fsp3) is 0. The molecule has 2 heterocycles. The van der Waals surface area contributed by atoms with Crippen LogP contribution in [0.2, 0.25) is 0 Å². The molecule has 1 N–H and O–H groups in total. The van der Waals surface area contributed by atoms with Crippen LogP contribution in [0.15, 0.2) is 81.1 Å². The zero-order valence-electron chi connectivity index (χ0n) is 19.9. The standard InChI is InChI=1S/C23H16N4O12S2/c28-20-16(18(22(30)31)24-26(20)12-4-8-14(9-5-12)40(34,35)36)2-1-3-17-19(23(32)33)25-27(21(17)29)13-6-10-15(11-7-13)41(37,38)39/h1-11,28H,(H,30,31)(H,32,33)(H,34,35,36)(H,37,38,39)/p-4/b2-1+,17-3-. The summed E-state index contributed by atoms with van der Waals surface area (Å²) >= 11 is 0. The molecule has 1 aromatic heterocycles. The van der Waals surface area contributed by atoms with E-state index in [0.29, 0.717) is 4.68 Å². The van der Waals surface area contributed by atoms with E-state index in [0.717, 1.165) is 66.8 Å². The summed E-state index contributed by atoms with van der Waals surface area (Å²) in [5, 5.41) is 43.0. The zero-order valence-corrected chi connectivity index (χ0v) is 21.5. The summed E-state index contributed by atoms with van der Waals surface area (Å²) in [6, 6.07) is 7.75. The fourth-order valence-electron chi connectivity index (χ4n) is 3.63. The van der Waals surface area contributed by atoms with E-state index in [9.17, 15) is 55.6 Å². The van der Waals surface area contributed by atoms with Crippen molar-refractivity contribution in [3.05, 3.63) is 77.5 Å². The first-order valence-corrected chi connectivity index (χ1v) is 13.7. The van der Waals surface area contributed by atoms with Gasteiger partial charge in [0.2, 0.25) is 0 Å². The molecular formula is C23H12N4O12S2-4. The van der Waals surface area contributed by atoms with Crippen LogP contribution < -0.4 is 20.3 Å². The number of nitrogens with one attached hydrogen (secondary N) is 1. The number of aromatic carboxylic acids is 1. The highest BCUT2D eigenvalue weighted by atomic mass is 32.2. The molecule has 0 radical (unpaired) electrons. The number of carbonyl (C=O) groups excluding carboxylic acids is 3. The average Bonchev–Trinajstić information content (AvgIpc) is 3.40. The average molecular weight is 600 g/mol. The first-order valence-electron chi connectivity index (χ1n) is 10.8. The van der Waals surface area contributed by atoms with Crippen molar-refractivity contribution in [2.24, 2.45) is 5.10 Å². The van der Waals surface area contributed by atoms with Crippen molar-refractivity contribution in [2.75, 3.05) is 0 Å². The lowest BCUT2D eigenvalue weighted by Gasteiger charge is -2.13. The van der Waals surface area contributed by atoms with Gasteiger partial charge in [0.05, 0.1) is 27.4 Å². The minimum atomic E-state index is -4.79. The highest BCUT2D eigenvalue weighted by Crippen LogP contribution is 2.25. The Morgan fingerprint density at radius 3 is 1.88 bits per heavy atom. The number of allylic oxidation sites excluding steroid dienone is 2. The molecule has 41 heavy (non-hydrogen) atoms. The highest BCUT2D eigenvalue weighted by Gasteiger charge is 2.37. The van der Waals surface area contributed by atoms with Crippen molar-refractivity contribution in [1.82, 2.24) is 9.78 Å². The van der Waals surface area contributed by atoms with Gasteiger partial charge in [0.25, 0.3) is 0 Å². The van der Waals surface area contributed by atoms with Crippen LogP contribution in [0.25, 0.3) is 11.8 Å². The van der Waals surface area contributed by atoms with E-state index < -0.39 is 81.3 Å². The third-order valence-corrected chi connectivity index (χ3v) is 7.21. The molecule has 0 fully saturated rings. The summed E-state index contributed by atoms with van der Waals surface area (Å²) in [7, 11) is -9.58. The Morgan fingerprint density at radius 1 is 0.854 bits per heavy atom. The molecule has 18 heteroatoms. The molecule has 1 aliphatic heterocycles. The van der Waals surface area contributed by atoms with Crippen LogP contribution >= 0.6 is 0 Å². The largest absolute Gasteiger partial charge is 0.858 e. The van der Waals surface area contributed by atoms with Gasteiger partial charge in [-0.25, -0.2) is 26.3 Å². The number of rotatable bonds is 8. The second-order valence-electron chi connectivity index (χ2n) is 8.06. The maximum absolute atomic E-state index is 12.9. The van der Waals surface area contributed by atoms with E-state index in [1.807, 2.05) is 0 Å². The van der Waals surface area contributed by atoms with Gasteiger partial charge in [-0.15, -0.1) is 5.01 Å². The number of carbonyl (C=O) groups is 3. The number of quaternary nitrogens is 1. The summed E-state index contributed by atoms with van der Waals surface area (Å²) < 4.78 is 67.3. The number of hydrogen-bond donors (Lipinski definition) is 1. The lowest BCUT2D eigenvalue weighted by atomic mass is 10.1. The van der Waals surface area contributed by atoms with Crippen LogP contribution in [0.3, 0.4) is 0 Å². The van der Waals surface area contributed by atoms with Gasteiger partial charge < -0.3 is 34.0 Å². The molecule has 0 saturated carbocycles. The smallest absolute Gasteiger partial charge is 0.377 e. The molecule has 1 amide bonds. The van der Waals surface area contributed by atoms with E-state index in [1.165, 1.54) is 0 Å². The van der Waals surface area contributed by atoms with Crippen LogP contribution in [0.1, 0.15) is 16.1 Å². The van der Waals surface area contributed by atoms with Gasteiger partial charge in [-0.2, -0.15) is 5.10 Å². The molecule has 1 unspecified atom stereocenters. The Morgan fingerprint density at radius 2 is 1.39 bits per heavy atom. The lowest BCUT2D eigenvalue weighted by molar-refractivity contribution is -0.749. The van der Waals surface area contributed by atoms with Crippen LogP contribution in [0, 0.1) is 0 Å². The number of amides is 1. The predicted molar refractivity (Wildman–Crippen MR) is 125 cm³/mol. The van der Waals surface area contributed by atoms with E-state index >= 15 is 0 Å². The number of carboxylic acid groups (broad SMARTS) is 2. The number of benzene rings is 2. The summed E-state index contributed by atoms with van der Waals surface area (Å²) in [5.41, 5.74) is -2.87. The van der Waals surface area contributed by atoms with Crippen molar-refractivity contribution >= 4 is 55.6 Å². The molecule has 1 aliphatic rings. The molecule has 2 aromatic carbocycles. The van der Waals surface area contributed by atoms with Crippen molar-refractivity contribution in [3.63, 3.8) is 0 Å². The quantitative estimate of drug-likeness (QED) is 0.190. The number of hydrogen-bond acceptors (Lipinski definition) is 14. The lowest BCUT2D eigenvalue weighted by Crippen LogP contribution is -3.04. The van der Waals surface area contributed by atoms with Gasteiger partial charge in [-0.05, 0) is 48.4 Å². The maximum atomic E-state index is 12.9. The summed E-state index contributed by atoms with van der Waals surface area (Å²) in [6.45, 7) is 0. The molecular weight excluding hydrogens is 588 g/mol. The molecule has 0 spiro atoms. The van der Waals surface area contributed by atoms with Gasteiger partial charge >= 0.3 is 5.91 Å². The molecule has 212 valence electrons. The highest BCUT2D eigenvalue weighted by molar-refractivity contribution is 7.86. The van der Waals surface area contributed by atoms with Crippen molar-refractivity contribution in [2.45, 2.75) is 9.79 Å². The fourth-order valence-corrected chi connectivity index (χ4v) is 4.57. The summed E-state index contributed by atoms with van der Waals surface area (Å²) in [6.07, 6.45) is 2.76. The summed E-state index contributed by atoms with van der Waals surface area (Å²) in [5.74, 6) is -5.70. The third-order valence-electron chi connectivity index (χ3n) is 5.52. The van der Waals surface area contributed by atoms with Crippen LogP contribution in [-0.2, 0) is 29.8 Å². The van der Waals surface area contributed by atoms with Crippen LogP contribution in [0.4, 0.5) is 5.69 Å². The first kappa shape index (κ1) is 29.0. The number of nitrogens with zero attached hydrogens (tertiary/aromatic N) is 3. The van der Waals surface area contributed by atoms with E-state index in [-0.39, 0.29) is 11.4 Å². The van der Waals surface area contributed by atoms with E-state index in [4.69, 9.17) is 0 Å². The van der Waals surface area contributed by atoms with Crippen LogP contribution in [0.5, 0.6) is 5.88 Å². The third kappa shape index (κ3) is 5.81. The maximum Gasteiger partial charge on any atom is 0.377 e. The molecule has 4 rings (SSSR count). The molecule has 1 atom stereocenters.